The molecular formula is C20H26N6O3. The molecule has 3 aromatic rings. The predicted octanol–water partition coefficient (Wildman–Crippen LogP) is 3.18. The van der Waals surface area contributed by atoms with Gasteiger partial charge in [0.1, 0.15) is 22.6 Å². The standard InChI is InChI=1S/C20H26N6O3/c1-13-18(14-11-17(27)16-5-8-21-25(16)12-14)22-23-26(13)15-6-9-24(10-7-15)19(28)29-20(2,3)4/h5,8,11-12,15,27H,6-7,9-10H2,1-4H3. The molecule has 9 heteroatoms. The fourth-order valence-electron chi connectivity index (χ4n) is 3.71. The third-order valence-corrected chi connectivity index (χ3v) is 5.15. The van der Waals surface area contributed by atoms with Crippen molar-refractivity contribution in [3.63, 3.8) is 0 Å². The molecule has 0 aliphatic carbocycles. The molecule has 0 unspecified atom stereocenters. The van der Waals surface area contributed by atoms with Crippen LogP contribution in [-0.2, 0) is 4.74 Å². The third kappa shape index (κ3) is 3.76. The number of aromatic hydroxyl groups is 1. The van der Waals surface area contributed by atoms with Gasteiger partial charge in [-0.2, -0.15) is 5.10 Å². The molecule has 0 aromatic carbocycles. The number of rotatable bonds is 2. The summed E-state index contributed by atoms with van der Waals surface area (Å²) < 4.78 is 9.01. The van der Waals surface area contributed by atoms with E-state index < -0.39 is 5.60 Å². The molecule has 0 atom stereocenters. The molecule has 0 bridgehead atoms. The SMILES string of the molecule is Cc1c(-c2cc(O)c3ccnn3c2)nnn1C1CCN(C(=O)OC(C)(C)C)CC1. The van der Waals surface area contributed by atoms with Gasteiger partial charge in [0.2, 0.25) is 0 Å². The van der Waals surface area contributed by atoms with E-state index in [1.807, 2.05) is 38.6 Å². The van der Waals surface area contributed by atoms with Crippen LogP contribution >= 0.6 is 0 Å². The van der Waals surface area contributed by atoms with Gasteiger partial charge in [0.15, 0.2) is 0 Å². The highest BCUT2D eigenvalue weighted by atomic mass is 16.6. The minimum absolute atomic E-state index is 0.152. The molecule has 1 aliphatic heterocycles. The minimum atomic E-state index is -0.493. The first-order valence-electron chi connectivity index (χ1n) is 9.79. The first-order valence-corrected chi connectivity index (χ1v) is 9.79. The Morgan fingerprint density at radius 2 is 2.00 bits per heavy atom. The summed E-state index contributed by atoms with van der Waals surface area (Å²) in [4.78, 5) is 14.0. The van der Waals surface area contributed by atoms with Crippen molar-refractivity contribution in [2.75, 3.05) is 13.1 Å². The van der Waals surface area contributed by atoms with Crippen LogP contribution in [0.4, 0.5) is 4.79 Å². The summed E-state index contributed by atoms with van der Waals surface area (Å²) in [5.74, 6) is 0.152. The van der Waals surface area contributed by atoms with E-state index in [0.717, 1.165) is 24.1 Å². The van der Waals surface area contributed by atoms with E-state index in [1.54, 1.807) is 27.7 Å². The lowest BCUT2D eigenvalue weighted by molar-refractivity contribution is 0.0184. The van der Waals surface area contributed by atoms with Crippen LogP contribution in [0.3, 0.4) is 0 Å². The summed E-state index contributed by atoms with van der Waals surface area (Å²) in [6.07, 6.45) is 4.77. The number of piperidine rings is 1. The van der Waals surface area contributed by atoms with Gasteiger partial charge in [-0.25, -0.2) is 14.0 Å². The summed E-state index contributed by atoms with van der Waals surface area (Å²) in [7, 11) is 0. The fraction of sp³-hybridized carbons (Fsp3) is 0.500. The average Bonchev–Trinajstić information content (AvgIpc) is 3.27. The molecule has 1 amide bonds. The summed E-state index contributed by atoms with van der Waals surface area (Å²) in [5, 5.41) is 23.2. The Morgan fingerprint density at radius 1 is 1.28 bits per heavy atom. The zero-order chi connectivity index (χ0) is 20.8. The molecule has 4 rings (SSSR count). The Balaban J connectivity index is 1.50. The van der Waals surface area contributed by atoms with Crippen LogP contribution in [0, 0.1) is 6.92 Å². The van der Waals surface area contributed by atoms with E-state index in [9.17, 15) is 9.90 Å². The molecule has 29 heavy (non-hydrogen) atoms. The number of aromatic nitrogens is 5. The highest BCUT2D eigenvalue weighted by Crippen LogP contribution is 2.30. The lowest BCUT2D eigenvalue weighted by atomic mass is 10.0. The second kappa shape index (κ2) is 7.06. The van der Waals surface area contributed by atoms with Gasteiger partial charge in [-0.05, 0) is 52.7 Å². The Labute approximate surface area is 168 Å². The maximum atomic E-state index is 12.3. The maximum absolute atomic E-state index is 12.3. The van der Waals surface area contributed by atoms with Crippen molar-refractivity contribution in [2.24, 2.45) is 0 Å². The lowest BCUT2D eigenvalue weighted by Crippen LogP contribution is -2.42. The predicted molar refractivity (Wildman–Crippen MR) is 107 cm³/mol. The molecule has 1 aliphatic rings. The zero-order valence-corrected chi connectivity index (χ0v) is 17.2. The first kappa shape index (κ1) is 19.2. The largest absolute Gasteiger partial charge is 0.506 e. The number of fused-ring (bicyclic) bond motifs is 1. The van der Waals surface area contributed by atoms with Gasteiger partial charge >= 0.3 is 6.09 Å². The molecule has 0 saturated carbocycles. The van der Waals surface area contributed by atoms with E-state index in [1.165, 1.54) is 0 Å². The van der Waals surface area contributed by atoms with Gasteiger partial charge in [0, 0.05) is 24.8 Å². The van der Waals surface area contributed by atoms with Crippen LogP contribution in [0.2, 0.25) is 0 Å². The third-order valence-electron chi connectivity index (χ3n) is 5.15. The Hall–Kier alpha value is -3.10. The number of likely N-dealkylation sites (tertiary alicyclic amines) is 1. The van der Waals surface area contributed by atoms with Crippen molar-refractivity contribution in [3.05, 3.63) is 30.2 Å². The second-order valence-electron chi connectivity index (χ2n) is 8.44. The second-order valence-corrected chi connectivity index (χ2v) is 8.44. The van der Waals surface area contributed by atoms with E-state index in [-0.39, 0.29) is 17.9 Å². The molecule has 4 heterocycles. The van der Waals surface area contributed by atoms with Crippen LogP contribution in [-0.4, -0.2) is 59.4 Å². The Morgan fingerprint density at radius 3 is 2.69 bits per heavy atom. The molecule has 0 spiro atoms. The van der Waals surface area contributed by atoms with Crippen LogP contribution in [0.25, 0.3) is 16.8 Å². The number of amides is 1. The van der Waals surface area contributed by atoms with Crippen molar-refractivity contribution in [1.82, 2.24) is 29.5 Å². The van der Waals surface area contributed by atoms with Crippen LogP contribution in [0.15, 0.2) is 24.5 Å². The van der Waals surface area contributed by atoms with Crippen molar-refractivity contribution >= 4 is 11.6 Å². The van der Waals surface area contributed by atoms with E-state index in [4.69, 9.17) is 4.74 Å². The quantitative estimate of drug-likeness (QED) is 0.712. The van der Waals surface area contributed by atoms with Crippen LogP contribution in [0.5, 0.6) is 5.75 Å². The van der Waals surface area contributed by atoms with Crippen LogP contribution < -0.4 is 0 Å². The van der Waals surface area contributed by atoms with Gasteiger partial charge in [0.25, 0.3) is 0 Å². The fourth-order valence-corrected chi connectivity index (χ4v) is 3.71. The summed E-state index contributed by atoms with van der Waals surface area (Å²) >= 11 is 0. The highest BCUT2D eigenvalue weighted by molar-refractivity contribution is 5.69. The number of hydrogen-bond acceptors (Lipinski definition) is 6. The van der Waals surface area contributed by atoms with E-state index in [0.29, 0.717) is 24.3 Å². The smallest absolute Gasteiger partial charge is 0.410 e. The maximum Gasteiger partial charge on any atom is 0.410 e. The van der Waals surface area contributed by atoms with Gasteiger partial charge in [-0.1, -0.05) is 5.21 Å². The minimum Gasteiger partial charge on any atom is -0.506 e. The molecule has 154 valence electrons. The van der Waals surface area contributed by atoms with Crippen LogP contribution in [0.1, 0.15) is 45.3 Å². The summed E-state index contributed by atoms with van der Waals surface area (Å²) in [5.41, 5.74) is 2.55. The number of nitrogens with zero attached hydrogens (tertiary/aromatic N) is 6. The monoisotopic (exact) mass is 398 g/mol. The summed E-state index contributed by atoms with van der Waals surface area (Å²) in [6.45, 7) is 8.82. The molecule has 0 radical (unpaired) electrons. The number of carbonyl (C=O) groups excluding carboxylic acids is 1. The highest BCUT2D eigenvalue weighted by Gasteiger charge is 2.29. The number of hydrogen-bond donors (Lipinski definition) is 1. The van der Waals surface area contributed by atoms with Crippen molar-refractivity contribution in [1.29, 1.82) is 0 Å². The number of ether oxygens (including phenoxy) is 1. The Bertz CT molecular complexity index is 1040. The van der Waals surface area contributed by atoms with Crippen molar-refractivity contribution in [3.8, 4) is 17.0 Å². The molecule has 1 N–H and O–H groups in total. The van der Waals surface area contributed by atoms with E-state index >= 15 is 0 Å². The molecule has 1 fully saturated rings. The topological polar surface area (TPSA) is 97.8 Å². The van der Waals surface area contributed by atoms with E-state index in [2.05, 4.69) is 15.4 Å². The molecule has 1 saturated heterocycles. The van der Waals surface area contributed by atoms with Gasteiger partial charge in [-0.15, -0.1) is 5.10 Å². The summed E-state index contributed by atoms with van der Waals surface area (Å²) in [6, 6.07) is 3.60. The first-order chi connectivity index (χ1) is 13.7. The van der Waals surface area contributed by atoms with Gasteiger partial charge in [0.05, 0.1) is 17.9 Å². The number of pyridine rings is 1. The van der Waals surface area contributed by atoms with Gasteiger partial charge < -0.3 is 14.7 Å². The molecular weight excluding hydrogens is 372 g/mol. The Kier molecular flexibility index (Phi) is 4.68. The molecule has 3 aromatic heterocycles. The normalized spacial score (nSPS) is 15.8. The van der Waals surface area contributed by atoms with Gasteiger partial charge in [-0.3, -0.25) is 0 Å². The zero-order valence-electron chi connectivity index (χ0n) is 17.2. The average molecular weight is 398 g/mol. The lowest BCUT2D eigenvalue weighted by Gasteiger charge is -2.33. The van der Waals surface area contributed by atoms with Crippen molar-refractivity contribution < 1.29 is 14.6 Å². The molecule has 9 nitrogen and oxygen atoms in total. The van der Waals surface area contributed by atoms with Crippen molar-refractivity contribution in [2.45, 2.75) is 52.2 Å². The number of carbonyl (C=O) groups is 1.